The zero-order chi connectivity index (χ0) is 14.4. The fourth-order valence-electron chi connectivity index (χ4n) is 1.80. The van der Waals surface area contributed by atoms with Gasteiger partial charge < -0.3 is 10.1 Å². The largest absolute Gasteiger partial charge is 0.465 e. The summed E-state index contributed by atoms with van der Waals surface area (Å²) in [6.07, 6.45) is 2.49. The molecule has 1 N–H and O–H groups in total. The highest BCUT2D eigenvalue weighted by molar-refractivity contribution is 7.99. The summed E-state index contributed by atoms with van der Waals surface area (Å²) >= 11 is 1.55. The summed E-state index contributed by atoms with van der Waals surface area (Å²) in [6, 6.07) is 7.31. The number of amides is 1. The highest BCUT2D eigenvalue weighted by atomic mass is 32.2. The van der Waals surface area contributed by atoms with Crippen LogP contribution in [0.4, 0.5) is 0 Å². The molecule has 0 spiro atoms. The van der Waals surface area contributed by atoms with E-state index in [1.165, 1.54) is 20.0 Å². The van der Waals surface area contributed by atoms with Crippen LogP contribution < -0.4 is 5.32 Å². The molecule has 0 unspecified atom stereocenters. The minimum atomic E-state index is -0.334. The minimum absolute atomic E-state index is 0.0889. The molecule has 0 aromatic heterocycles. The number of hydrogen-bond donors (Lipinski definition) is 1. The van der Waals surface area contributed by atoms with E-state index in [-0.39, 0.29) is 11.9 Å². The van der Waals surface area contributed by atoms with E-state index in [2.05, 4.69) is 10.1 Å². The SMILES string of the molecule is COC(=O)c1cccc(CSCC(=O)NCC2CC2)c1. The fraction of sp³-hybridized carbons (Fsp3) is 0.467. The van der Waals surface area contributed by atoms with Crippen LogP contribution in [0.15, 0.2) is 24.3 Å². The zero-order valence-electron chi connectivity index (χ0n) is 11.6. The molecular weight excluding hydrogens is 274 g/mol. The van der Waals surface area contributed by atoms with Gasteiger partial charge in [-0.1, -0.05) is 12.1 Å². The lowest BCUT2D eigenvalue weighted by Crippen LogP contribution is -2.27. The first-order valence-electron chi connectivity index (χ1n) is 6.70. The Labute approximate surface area is 123 Å². The van der Waals surface area contributed by atoms with Gasteiger partial charge in [0.15, 0.2) is 0 Å². The number of benzene rings is 1. The average Bonchev–Trinajstić information content (AvgIpc) is 3.29. The van der Waals surface area contributed by atoms with Gasteiger partial charge in [-0.05, 0) is 36.5 Å². The molecule has 1 fully saturated rings. The summed E-state index contributed by atoms with van der Waals surface area (Å²) in [5, 5.41) is 2.94. The summed E-state index contributed by atoms with van der Waals surface area (Å²) < 4.78 is 4.68. The summed E-state index contributed by atoms with van der Waals surface area (Å²) in [4.78, 5) is 23.0. The molecule has 0 atom stereocenters. The van der Waals surface area contributed by atoms with Crippen molar-refractivity contribution < 1.29 is 14.3 Å². The molecule has 0 heterocycles. The van der Waals surface area contributed by atoms with Crippen LogP contribution in [0, 0.1) is 5.92 Å². The first-order valence-corrected chi connectivity index (χ1v) is 7.86. The molecule has 1 amide bonds. The molecule has 0 radical (unpaired) electrons. The van der Waals surface area contributed by atoms with Gasteiger partial charge in [0.25, 0.3) is 0 Å². The smallest absolute Gasteiger partial charge is 0.337 e. The molecule has 1 aromatic carbocycles. The zero-order valence-corrected chi connectivity index (χ0v) is 12.4. The summed E-state index contributed by atoms with van der Waals surface area (Å²) in [5.74, 6) is 1.63. The van der Waals surface area contributed by atoms with E-state index >= 15 is 0 Å². The van der Waals surface area contributed by atoms with Gasteiger partial charge in [0.2, 0.25) is 5.91 Å². The van der Waals surface area contributed by atoms with Gasteiger partial charge in [-0.15, -0.1) is 11.8 Å². The topological polar surface area (TPSA) is 55.4 Å². The van der Waals surface area contributed by atoms with E-state index in [0.29, 0.717) is 23.0 Å². The van der Waals surface area contributed by atoms with Crippen molar-refractivity contribution in [3.05, 3.63) is 35.4 Å². The Morgan fingerprint density at radius 2 is 2.20 bits per heavy atom. The van der Waals surface area contributed by atoms with E-state index in [0.717, 1.165) is 12.1 Å². The van der Waals surface area contributed by atoms with Crippen molar-refractivity contribution in [1.29, 1.82) is 0 Å². The standard InChI is InChI=1S/C15H19NO3S/c1-19-15(18)13-4-2-3-12(7-13)9-20-10-14(17)16-8-11-5-6-11/h2-4,7,11H,5-6,8-10H2,1H3,(H,16,17). The van der Waals surface area contributed by atoms with Crippen molar-refractivity contribution in [3.8, 4) is 0 Å². The quantitative estimate of drug-likeness (QED) is 0.783. The van der Waals surface area contributed by atoms with E-state index < -0.39 is 0 Å². The second-order valence-corrected chi connectivity index (χ2v) is 5.92. The van der Waals surface area contributed by atoms with Crippen molar-refractivity contribution in [3.63, 3.8) is 0 Å². The first kappa shape index (κ1) is 14.9. The third-order valence-electron chi connectivity index (χ3n) is 3.13. The molecule has 5 heteroatoms. The van der Waals surface area contributed by atoms with Crippen LogP contribution in [0.1, 0.15) is 28.8 Å². The van der Waals surface area contributed by atoms with E-state index in [1.54, 1.807) is 23.9 Å². The van der Waals surface area contributed by atoms with Crippen molar-refractivity contribution in [1.82, 2.24) is 5.32 Å². The maximum Gasteiger partial charge on any atom is 0.337 e. The van der Waals surface area contributed by atoms with Crippen LogP contribution in [-0.4, -0.2) is 31.3 Å². The third-order valence-corrected chi connectivity index (χ3v) is 4.14. The number of hydrogen-bond acceptors (Lipinski definition) is 4. The molecule has 2 rings (SSSR count). The minimum Gasteiger partial charge on any atom is -0.465 e. The lowest BCUT2D eigenvalue weighted by Gasteiger charge is -2.05. The van der Waals surface area contributed by atoms with Crippen LogP contribution in [0.5, 0.6) is 0 Å². The molecule has 0 aliphatic heterocycles. The number of rotatable bonds is 7. The molecule has 4 nitrogen and oxygen atoms in total. The Morgan fingerprint density at radius 1 is 1.40 bits per heavy atom. The van der Waals surface area contributed by atoms with E-state index in [1.807, 2.05) is 12.1 Å². The Morgan fingerprint density at radius 3 is 2.90 bits per heavy atom. The summed E-state index contributed by atoms with van der Waals surface area (Å²) in [5.41, 5.74) is 1.57. The van der Waals surface area contributed by atoms with Gasteiger partial charge in [0.1, 0.15) is 0 Å². The van der Waals surface area contributed by atoms with Gasteiger partial charge in [0, 0.05) is 12.3 Å². The van der Waals surface area contributed by atoms with Crippen LogP contribution in [0.3, 0.4) is 0 Å². The molecule has 1 aliphatic carbocycles. The van der Waals surface area contributed by atoms with Crippen LogP contribution in [0.2, 0.25) is 0 Å². The molecule has 1 aromatic rings. The average molecular weight is 293 g/mol. The van der Waals surface area contributed by atoms with Crippen molar-refractivity contribution in [2.75, 3.05) is 19.4 Å². The normalized spacial score (nSPS) is 13.8. The fourth-order valence-corrected chi connectivity index (χ4v) is 2.60. The number of thioether (sulfide) groups is 1. The van der Waals surface area contributed by atoms with Gasteiger partial charge in [0.05, 0.1) is 18.4 Å². The first-order chi connectivity index (χ1) is 9.69. The maximum atomic E-state index is 11.6. The lowest BCUT2D eigenvalue weighted by molar-refractivity contribution is -0.118. The Kier molecular flexibility index (Phi) is 5.47. The number of carbonyl (C=O) groups excluding carboxylic acids is 2. The highest BCUT2D eigenvalue weighted by Crippen LogP contribution is 2.27. The number of nitrogens with one attached hydrogen (secondary N) is 1. The Balaban J connectivity index is 1.72. The van der Waals surface area contributed by atoms with Crippen molar-refractivity contribution >= 4 is 23.6 Å². The molecule has 0 saturated heterocycles. The Hall–Kier alpha value is -1.49. The van der Waals surface area contributed by atoms with Crippen molar-refractivity contribution in [2.24, 2.45) is 5.92 Å². The van der Waals surface area contributed by atoms with Crippen LogP contribution in [0.25, 0.3) is 0 Å². The predicted molar refractivity (Wildman–Crippen MR) is 79.7 cm³/mol. The third kappa shape index (κ3) is 4.89. The molecular formula is C15H19NO3S. The number of carbonyl (C=O) groups is 2. The van der Waals surface area contributed by atoms with Gasteiger partial charge in [-0.25, -0.2) is 4.79 Å². The van der Waals surface area contributed by atoms with Gasteiger partial charge in [-0.3, -0.25) is 4.79 Å². The van der Waals surface area contributed by atoms with Gasteiger partial charge >= 0.3 is 5.97 Å². The lowest BCUT2D eigenvalue weighted by atomic mass is 10.1. The van der Waals surface area contributed by atoms with E-state index in [4.69, 9.17) is 0 Å². The van der Waals surface area contributed by atoms with Crippen molar-refractivity contribution in [2.45, 2.75) is 18.6 Å². The molecule has 0 bridgehead atoms. The number of ether oxygens (including phenoxy) is 1. The monoisotopic (exact) mass is 293 g/mol. The van der Waals surface area contributed by atoms with Crippen LogP contribution >= 0.6 is 11.8 Å². The highest BCUT2D eigenvalue weighted by Gasteiger charge is 2.21. The predicted octanol–water partition coefficient (Wildman–Crippen LogP) is 2.23. The second-order valence-electron chi connectivity index (χ2n) is 4.93. The van der Waals surface area contributed by atoms with E-state index in [9.17, 15) is 9.59 Å². The maximum absolute atomic E-state index is 11.6. The van der Waals surface area contributed by atoms with Crippen LogP contribution in [-0.2, 0) is 15.3 Å². The summed E-state index contributed by atoms with van der Waals surface area (Å²) in [7, 11) is 1.37. The molecule has 1 aliphatic rings. The summed E-state index contributed by atoms with van der Waals surface area (Å²) in [6.45, 7) is 0.817. The number of esters is 1. The molecule has 1 saturated carbocycles. The molecule has 20 heavy (non-hydrogen) atoms. The Bertz CT molecular complexity index is 486. The van der Waals surface area contributed by atoms with Gasteiger partial charge in [-0.2, -0.15) is 0 Å². The second kappa shape index (κ2) is 7.33. The molecule has 108 valence electrons. The number of methoxy groups -OCH3 is 1.